The number of nitrogens with zero attached hydrogens (tertiary/aromatic N) is 3. The van der Waals surface area contributed by atoms with Crippen LogP contribution in [0.4, 0.5) is 4.79 Å². The molecule has 1 amide bonds. The van der Waals surface area contributed by atoms with Crippen molar-refractivity contribution in [1.82, 2.24) is 15.1 Å². The minimum absolute atomic E-state index is 0.0225. The molecule has 378 valence electrons. The van der Waals surface area contributed by atoms with E-state index >= 15 is 9.59 Å². The van der Waals surface area contributed by atoms with Gasteiger partial charge in [-0.15, -0.1) is 11.8 Å². The van der Waals surface area contributed by atoms with E-state index in [4.69, 9.17) is 42.6 Å². The van der Waals surface area contributed by atoms with Gasteiger partial charge in [0, 0.05) is 54.3 Å². The summed E-state index contributed by atoms with van der Waals surface area (Å²) < 4.78 is 55.5. The third kappa shape index (κ3) is 8.34. The Morgan fingerprint density at radius 3 is 2.27 bits per heavy atom. The molecule has 19 heteroatoms. The molecule has 4 bridgehead atoms. The summed E-state index contributed by atoms with van der Waals surface area (Å²) in [6.45, 7) is 13.8. The molecule has 2 saturated heterocycles. The SMILES string of the molecule is CCCC(=O)Oc1cc2c(cc1OC)[C@@]1(CS[C@@H]3c4c(OC(C)=O)c(C)c5c(c4[C@H](COC1=O)N1C3[C@H]3c4c(cc(C)c(OC)c4OC(=O)CCC)C[C@@H]([C@@H]1C#N)N3C(=O)OC(C)(C)C)OCO5)NCC2. The first-order chi connectivity index (χ1) is 33.9. The van der Waals surface area contributed by atoms with E-state index in [2.05, 4.69) is 11.4 Å². The number of amides is 1. The first-order valence-electron chi connectivity index (χ1n) is 24.1. The fraction of sp³-hybridized carbons (Fsp3) is 0.538. The van der Waals surface area contributed by atoms with Gasteiger partial charge in [0.1, 0.15) is 24.0 Å². The molecule has 0 saturated carbocycles. The molecule has 7 atom stereocenters. The van der Waals surface area contributed by atoms with Gasteiger partial charge in [-0.05, 0) is 94.7 Å². The summed E-state index contributed by atoms with van der Waals surface area (Å²) in [4.78, 5) is 74.0. The second-order valence-electron chi connectivity index (χ2n) is 19.7. The molecule has 0 radical (unpaired) electrons. The summed E-state index contributed by atoms with van der Waals surface area (Å²) in [6.07, 6.45) is 1.31. The van der Waals surface area contributed by atoms with Crippen LogP contribution in [0.15, 0.2) is 18.2 Å². The molecular formula is C52H60N4O14S. The van der Waals surface area contributed by atoms with Crippen molar-refractivity contribution in [2.24, 2.45) is 0 Å². The minimum Gasteiger partial charge on any atom is -0.493 e. The average molecular weight is 997 g/mol. The van der Waals surface area contributed by atoms with Crippen molar-refractivity contribution in [3.63, 3.8) is 0 Å². The number of hydrogen-bond acceptors (Lipinski definition) is 18. The Balaban J connectivity index is 1.34. The summed E-state index contributed by atoms with van der Waals surface area (Å²) in [6, 6.07) is 3.11. The number of ether oxygens (including phenoxy) is 9. The van der Waals surface area contributed by atoms with Crippen LogP contribution in [0.25, 0.3) is 0 Å². The van der Waals surface area contributed by atoms with Crippen molar-refractivity contribution in [2.45, 2.75) is 141 Å². The van der Waals surface area contributed by atoms with Gasteiger partial charge in [-0.1, -0.05) is 19.9 Å². The van der Waals surface area contributed by atoms with Gasteiger partial charge in [-0.3, -0.25) is 29.5 Å². The number of esters is 4. The molecule has 3 aromatic carbocycles. The molecule has 3 aromatic rings. The van der Waals surface area contributed by atoms with Crippen LogP contribution in [0.3, 0.4) is 0 Å². The van der Waals surface area contributed by atoms with E-state index < -0.39 is 76.6 Å². The van der Waals surface area contributed by atoms with Gasteiger partial charge in [0.2, 0.25) is 6.79 Å². The molecular weight excluding hydrogens is 937 g/mol. The summed E-state index contributed by atoms with van der Waals surface area (Å²) >= 11 is 1.34. The molecule has 7 aliphatic rings. The molecule has 1 spiro atoms. The lowest BCUT2D eigenvalue weighted by molar-refractivity contribution is -0.157. The molecule has 71 heavy (non-hydrogen) atoms. The Hall–Kier alpha value is -6.23. The van der Waals surface area contributed by atoms with Crippen LogP contribution in [0.2, 0.25) is 0 Å². The average Bonchev–Trinajstić information content (AvgIpc) is 3.81. The number of carbonyl (C=O) groups is 5. The highest BCUT2D eigenvalue weighted by Crippen LogP contribution is 2.65. The second kappa shape index (κ2) is 19.1. The largest absolute Gasteiger partial charge is 0.493 e. The number of hydrogen-bond donors (Lipinski definition) is 1. The maximum absolute atomic E-state index is 15.3. The summed E-state index contributed by atoms with van der Waals surface area (Å²) in [5, 5.41) is 14.3. The topological polar surface area (TPSA) is 211 Å². The molecule has 1 unspecified atom stereocenters. The van der Waals surface area contributed by atoms with Crippen molar-refractivity contribution in [3.05, 3.63) is 62.7 Å². The number of nitriles is 1. The number of fused-ring (bicyclic) bond motifs is 9. The fourth-order valence-corrected chi connectivity index (χ4v) is 13.1. The highest BCUT2D eigenvalue weighted by molar-refractivity contribution is 7.99. The third-order valence-corrected chi connectivity index (χ3v) is 15.5. The summed E-state index contributed by atoms with van der Waals surface area (Å²) in [5.41, 5.74) is 2.18. The predicted molar refractivity (Wildman–Crippen MR) is 256 cm³/mol. The molecule has 7 heterocycles. The Morgan fingerprint density at radius 1 is 0.887 bits per heavy atom. The zero-order chi connectivity index (χ0) is 50.8. The van der Waals surface area contributed by atoms with E-state index in [1.165, 1.54) is 32.9 Å². The van der Waals surface area contributed by atoms with E-state index in [1.54, 1.807) is 44.7 Å². The van der Waals surface area contributed by atoms with E-state index in [0.717, 1.165) is 11.1 Å². The van der Waals surface area contributed by atoms with Crippen LogP contribution in [0.5, 0.6) is 40.2 Å². The normalized spacial score (nSPS) is 24.8. The lowest BCUT2D eigenvalue weighted by atomic mass is 9.71. The predicted octanol–water partition coefficient (Wildman–Crippen LogP) is 7.29. The van der Waals surface area contributed by atoms with Crippen LogP contribution >= 0.6 is 11.8 Å². The number of thioether (sulfide) groups is 1. The lowest BCUT2D eigenvalue weighted by Crippen LogP contribution is -2.71. The zero-order valence-corrected chi connectivity index (χ0v) is 42.5. The zero-order valence-electron chi connectivity index (χ0n) is 41.7. The number of methoxy groups -OCH3 is 2. The Labute approximate surface area is 416 Å². The van der Waals surface area contributed by atoms with Crippen LogP contribution < -0.4 is 38.5 Å². The van der Waals surface area contributed by atoms with Crippen molar-refractivity contribution < 1.29 is 66.6 Å². The van der Waals surface area contributed by atoms with Gasteiger partial charge in [0.05, 0.1) is 49.7 Å². The number of aryl methyl sites for hydroxylation is 1. The third-order valence-electron chi connectivity index (χ3n) is 14.0. The van der Waals surface area contributed by atoms with Gasteiger partial charge in [-0.2, -0.15) is 5.26 Å². The number of rotatable bonds is 9. The maximum Gasteiger partial charge on any atom is 0.411 e. The summed E-state index contributed by atoms with van der Waals surface area (Å²) in [5.74, 6) is -0.371. The molecule has 10 rings (SSSR count). The molecule has 1 N–H and O–H groups in total. The van der Waals surface area contributed by atoms with Gasteiger partial charge >= 0.3 is 30.0 Å². The molecule has 18 nitrogen and oxygen atoms in total. The van der Waals surface area contributed by atoms with E-state index in [0.29, 0.717) is 76.4 Å². The van der Waals surface area contributed by atoms with Crippen molar-refractivity contribution in [3.8, 4) is 46.3 Å². The highest BCUT2D eigenvalue weighted by Gasteiger charge is 2.64. The summed E-state index contributed by atoms with van der Waals surface area (Å²) in [7, 11) is 2.95. The maximum atomic E-state index is 15.3. The number of piperazine rings is 1. The second-order valence-corrected chi connectivity index (χ2v) is 20.9. The van der Waals surface area contributed by atoms with Crippen LogP contribution in [0.1, 0.15) is 129 Å². The van der Waals surface area contributed by atoms with E-state index in [1.807, 2.05) is 31.7 Å². The molecule has 0 aromatic heterocycles. The van der Waals surface area contributed by atoms with E-state index in [9.17, 15) is 19.6 Å². The quantitative estimate of drug-likeness (QED) is 0.165. The minimum atomic E-state index is -1.55. The number of carbonyl (C=O) groups excluding carboxylic acids is 5. The smallest absolute Gasteiger partial charge is 0.411 e. The van der Waals surface area contributed by atoms with Crippen LogP contribution in [-0.2, 0) is 47.0 Å². The molecule has 0 aliphatic carbocycles. The Bertz CT molecular complexity index is 2770. The molecule has 7 aliphatic heterocycles. The van der Waals surface area contributed by atoms with Crippen molar-refractivity contribution in [2.75, 3.05) is 39.9 Å². The highest BCUT2D eigenvalue weighted by atomic mass is 32.2. The van der Waals surface area contributed by atoms with Crippen molar-refractivity contribution in [1.29, 1.82) is 5.26 Å². The van der Waals surface area contributed by atoms with Crippen LogP contribution in [-0.4, -0.2) is 103 Å². The molecule has 2 fully saturated rings. The fourth-order valence-electron chi connectivity index (χ4n) is 11.4. The van der Waals surface area contributed by atoms with Gasteiger partial charge in [0.25, 0.3) is 0 Å². The standard InChI is InChI=1S/C52H60N4O14S/c1-11-13-36(58)68-35-19-28-15-16-54-52(30(28)20-34(35)62-9)23-71-48-40-39(46-45(65-24-66-46)26(4)44(40)67-27(5)57)33(22-64-49(52)60)55-32(21-53)31-18-29-17-25(3)43(63-10)47(69-37(59)14-12-2)38(29)41(42(48)55)56(31)50(61)70-51(6,7)8/h17,19-20,31-33,41-42,48,54H,11-16,18,22-24H2,1-10H3/t31-,32-,33-,41+,42?,48+,52+/m0/s1. The van der Waals surface area contributed by atoms with Crippen LogP contribution in [0, 0.1) is 25.2 Å². The van der Waals surface area contributed by atoms with Gasteiger partial charge in [-0.25, -0.2) is 9.59 Å². The van der Waals surface area contributed by atoms with E-state index in [-0.39, 0.29) is 61.4 Å². The Kier molecular flexibility index (Phi) is 13.4. The monoisotopic (exact) mass is 996 g/mol. The van der Waals surface area contributed by atoms with Crippen molar-refractivity contribution >= 4 is 41.7 Å². The Morgan fingerprint density at radius 2 is 1.61 bits per heavy atom. The number of benzene rings is 3. The lowest BCUT2D eigenvalue weighted by Gasteiger charge is -2.62. The first-order valence-corrected chi connectivity index (χ1v) is 25.2. The van der Waals surface area contributed by atoms with Gasteiger partial charge in [0.15, 0.2) is 40.0 Å². The van der Waals surface area contributed by atoms with Gasteiger partial charge < -0.3 is 42.6 Å². The number of nitrogens with one attached hydrogen (secondary N) is 1. The first kappa shape index (κ1) is 49.7.